The van der Waals surface area contributed by atoms with Crippen LogP contribution in [0.1, 0.15) is 35.2 Å². The summed E-state index contributed by atoms with van der Waals surface area (Å²) >= 11 is 12.5. The van der Waals surface area contributed by atoms with Gasteiger partial charge >= 0.3 is 0 Å². The first-order valence-corrected chi connectivity index (χ1v) is 11.4. The average Bonchev–Trinajstić information content (AvgIpc) is 2.84. The Bertz CT molecular complexity index is 1430. The van der Waals surface area contributed by atoms with Gasteiger partial charge in [0.1, 0.15) is 35.9 Å². The van der Waals surface area contributed by atoms with E-state index in [2.05, 4.69) is 20.6 Å². The largest absolute Gasteiger partial charge is 0.490 e. The van der Waals surface area contributed by atoms with Crippen molar-refractivity contribution in [2.75, 3.05) is 23.4 Å². The van der Waals surface area contributed by atoms with E-state index < -0.39 is 6.04 Å². The number of pyridine rings is 1. The molecule has 182 valence electrons. The zero-order valence-electron chi connectivity index (χ0n) is 19.0. The average molecular weight is 523 g/mol. The molecule has 10 nitrogen and oxygen atoms in total. The lowest BCUT2D eigenvalue weighted by atomic mass is 9.95. The van der Waals surface area contributed by atoms with Gasteiger partial charge in [0.2, 0.25) is 5.96 Å². The third kappa shape index (κ3) is 4.73. The molecule has 1 unspecified atom stereocenters. The molecule has 1 aromatic heterocycles. The third-order valence-electron chi connectivity index (χ3n) is 5.37. The Balaban J connectivity index is 1.76. The fourth-order valence-corrected chi connectivity index (χ4v) is 4.23. The van der Waals surface area contributed by atoms with Crippen LogP contribution in [-0.4, -0.2) is 17.6 Å². The van der Waals surface area contributed by atoms with E-state index in [0.29, 0.717) is 44.8 Å². The van der Waals surface area contributed by atoms with Gasteiger partial charge in [0, 0.05) is 21.2 Å². The number of aromatic nitrogens is 1. The summed E-state index contributed by atoms with van der Waals surface area (Å²) in [5.74, 6) is 1.32. The van der Waals surface area contributed by atoms with E-state index in [1.54, 1.807) is 36.4 Å². The molecule has 0 aliphatic carbocycles. The van der Waals surface area contributed by atoms with Crippen molar-refractivity contribution in [3.8, 4) is 23.8 Å². The second kappa shape index (κ2) is 10.5. The molecule has 0 spiro atoms. The van der Waals surface area contributed by atoms with Gasteiger partial charge in [-0.3, -0.25) is 5.32 Å². The number of ether oxygens (including phenoxy) is 2. The fraction of sp³-hybridized carbons (Fsp3) is 0.167. The summed E-state index contributed by atoms with van der Waals surface area (Å²) in [5, 5.41) is 25.0. The number of fused-ring (bicyclic) bond motifs is 1. The Kier molecular flexibility index (Phi) is 7.20. The molecule has 3 aromatic rings. The maximum Gasteiger partial charge on any atom is 0.211 e. The maximum atomic E-state index is 9.52. The van der Waals surface area contributed by atoms with Crippen LogP contribution in [0, 0.1) is 22.8 Å². The number of halogens is 2. The minimum absolute atomic E-state index is 0.0322. The monoisotopic (exact) mass is 522 g/mol. The van der Waals surface area contributed by atoms with Crippen molar-refractivity contribution in [1.82, 2.24) is 10.3 Å². The highest BCUT2D eigenvalue weighted by molar-refractivity contribution is 6.35. The van der Waals surface area contributed by atoms with Gasteiger partial charge in [-0.25, -0.2) is 9.98 Å². The molecule has 2 heterocycles. The van der Waals surface area contributed by atoms with Gasteiger partial charge in [-0.15, -0.1) is 0 Å². The summed E-state index contributed by atoms with van der Waals surface area (Å²) in [6.07, 6.45) is 1.82. The molecule has 1 atom stereocenters. The number of nitriles is 2. The Hall–Kier alpha value is -4.38. The van der Waals surface area contributed by atoms with Crippen LogP contribution in [-0.2, 0) is 6.61 Å². The SMILES string of the molecule is CCOc1cc(C2N=C(NC#N)Nc3nc(N)c(C#N)c(N)c32)ccc1OCc1c(Cl)cccc1Cl. The van der Waals surface area contributed by atoms with Crippen molar-refractivity contribution in [2.45, 2.75) is 19.6 Å². The quantitative estimate of drug-likeness (QED) is 0.271. The van der Waals surface area contributed by atoms with E-state index in [1.165, 1.54) is 0 Å². The number of guanidine groups is 1. The van der Waals surface area contributed by atoms with E-state index in [4.69, 9.17) is 49.4 Å². The van der Waals surface area contributed by atoms with Gasteiger partial charge in [-0.2, -0.15) is 10.5 Å². The number of hydrogen-bond acceptors (Lipinski definition) is 10. The van der Waals surface area contributed by atoms with E-state index in [-0.39, 0.29) is 35.5 Å². The van der Waals surface area contributed by atoms with Gasteiger partial charge in [-0.05, 0) is 36.8 Å². The van der Waals surface area contributed by atoms with Crippen LogP contribution in [0.25, 0.3) is 0 Å². The highest BCUT2D eigenvalue weighted by Gasteiger charge is 2.30. The lowest BCUT2D eigenvalue weighted by molar-refractivity contribution is 0.269. The number of nitrogens with one attached hydrogen (secondary N) is 2. The normalized spacial score (nSPS) is 13.9. The second-order valence-electron chi connectivity index (χ2n) is 7.53. The lowest BCUT2D eigenvalue weighted by Gasteiger charge is -2.26. The van der Waals surface area contributed by atoms with Crippen LogP contribution >= 0.6 is 23.2 Å². The van der Waals surface area contributed by atoms with Crippen LogP contribution in [0.2, 0.25) is 10.0 Å². The number of anilines is 3. The van der Waals surface area contributed by atoms with Crippen molar-refractivity contribution in [1.29, 1.82) is 10.5 Å². The predicted octanol–water partition coefficient (Wildman–Crippen LogP) is 4.34. The summed E-state index contributed by atoms with van der Waals surface area (Å²) < 4.78 is 11.8. The maximum absolute atomic E-state index is 9.52. The first-order valence-electron chi connectivity index (χ1n) is 10.7. The van der Waals surface area contributed by atoms with E-state index in [1.807, 2.05) is 19.2 Å². The topological polar surface area (TPSA) is 167 Å². The highest BCUT2D eigenvalue weighted by Crippen LogP contribution is 2.42. The standard InChI is InChI=1S/C24H20Cl2N8O2/c1-2-35-18-8-12(6-7-17(18)36-10-14-15(25)4-3-5-16(14)26)21-19-20(29)13(9-27)22(30)33-23(19)34-24(32-21)31-11-28/h3-8,21H,2,10H2,1H3,(H6,29,30,31,32,33,34). The number of hydrogen-bond donors (Lipinski definition) is 4. The molecule has 0 bridgehead atoms. The van der Waals surface area contributed by atoms with Crippen molar-refractivity contribution < 1.29 is 9.47 Å². The van der Waals surface area contributed by atoms with Crippen molar-refractivity contribution in [2.24, 2.45) is 4.99 Å². The van der Waals surface area contributed by atoms with Gasteiger partial charge < -0.3 is 26.3 Å². The molecule has 1 aliphatic rings. The smallest absolute Gasteiger partial charge is 0.211 e. The first kappa shape index (κ1) is 24.7. The minimum atomic E-state index is -0.719. The summed E-state index contributed by atoms with van der Waals surface area (Å²) in [5.41, 5.74) is 14.2. The number of nitrogen functional groups attached to an aromatic ring is 2. The molecule has 12 heteroatoms. The molecule has 0 amide bonds. The van der Waals surface area contributed by atoms with Crippen LogP contribution in [0.4, 0.5) is 17.3 Å². The third-order valence-corrected chi connectivity index (χ3v) is 6.08. The summed E-state index contributed by atoms with van der Waals surface area (Å²) in [6, 6.07) is 11.7. The number of aliphatic imine (C=N–C) groups is 1. The molecular weight excluding hydrogens is 503 g/mol. The molecule has 0 fully saturated rings. The molecule has 1 aliphatic heterocycles. The molecule has 0 radical (unpaired) electrons. The zero-order valence-corrected chi connectivity index (χ0v) is 20.5. The number of rotatable bonds is 6. The van der Waals surface area contributed by atoms with Crippen molar-refractivity contribution in [3.63, 3.8) is 0 Å². The first-order chi connectivity index (χ1) is 17.4. The molecule has 4 rings (SSSR count). The molecule has 36 heavy (non-hydrogen) atoms. The van der Waals surface area contributed by atoms with Crippen LogP contribution in [0.3, 0.4) is 0 Å². The lowest BCUT2D eigenvalue weighted by Crippen LogP contribution is -2.32. The number of nitrogens with zero attached hydrogens (tertiary/aromatic N) is 4. The molecule has 0 saturated heterocycles. The predicted molar refractivity (Wildman–Crippen MR) is 138 cm³/mol. The van der Waals surface area contributed by atoms with Gasteiger partial charge in [-0.1, -0.05) is 35.3 Å². The molecule has 6 N–H and O–H groups in total. The summed E-state index contributed by atoms with van der Waals surface area (Å²) in [7, 11) is 0. The van der Waals surface area contributed by atoms with Crippen LogP contribution in [0.5, 0.6) is 11.5 Å². The number of nitrogens with two attached hydrogens (primary N) is 2. The molecular formula is C24H20Cl2N8O2. The minimum Gasteiger partial charge on any atom is -0.490 e. The zero-order chi connectivity index (χ0) is 25.8. The Morgan fingerprint density at radius 2 is 1.86 bits per heavy atom. The van der Waals surface area contributed by atoms with Crippen LogP contribution < -0.4 is 31.6 Å². The van der Waals surface area contributed by atoms with E-state index in [0.717, 1.165) is 0 Å². The Morgan fingerprint density at radius 1 is 1.11 bits per heavy atom. The van der Waals surface area contributed by atoms with Gasteiger partial charge in [0.05, 0.1) is 12.3 Å². The van der Waals surface area contributed by atoms with Gasteiger partial charge in [0.15, 0.2) is 17.7 Å². The van der Waals surface area contributed by atoms with Crippen LogP contribution in [0.15, 0.2) is 41.4 Å². The number of benzene rings is 2. The van der Waals surface area contributed by atoms with E-state index in [9.17, 15) is 5.26 Å². The van der Waals surface area contributed by atoms with Gasteiger partial charge in [0.25, 0.3) is 0 Å². The highest BCUT2D eigenvalue weighted by atomic mass is 35.5. The summed E-state index contributed by atoms with van der Waals surface area (Å²) in [4.78, 5) is 8.83. The van der Waals surface area contributed by atoms with Crippen molar-refractivity contribution >= 4 is 46.5 Å². The second-order valence-corrected chi connectivity index (χ2v) is 8.34. The fourth-order valence-electron chi connectivity index (χ4n) is 3.72. The van der Waals surface area contributed by atoms with Crippen molar-refractivity contribution in [3.05, 3.63) is 68.7 Å². The molecule has 2 aromatic carbocycles. The van der Waals surface area contributed by atoms with E-state index >= 15 is 0 Å². The molecule has 0 saturated carbocycles. The summed E-state index contributed by atoms with van der Waals surface area (Å²) in [6.45, 7) is 2.35. The Morgan fingerprint density at radius 3 is 2.53 bits per heavy atom. The Labute approximate surface area is 217 Å².